The Hall–Kier alpha value is -2.34. The summed E-state index contributed by atoms with van der Waals surface area (Å²) in [4.78, 5) is 16.8. The number of anilines is 1. The summed E-state index contributed by atoms with van der Waals surface area (Å²) in [5.41, 5.74) is 9.83. The first-order valence-corrected chi connectivity index (χ1v) is 10.7. The van der Waals surface area contributed by atoms with Crippen LogP contribution < -0.4 is 11.1 Å². The van der Waals surface area contributed by atoms with Gasteiger partial charge >= 0.3 is 0 Å². The number of rotatable bonds is 4. The van der Waals surface area contributed by atoms with E-state index in [9.17, 15) is 9.90 Å². The molecule has 30 heavy (non-hydrogen) atoms. The molecule has 4 N–H and O–H groups in total. The van der Waals surface area contributed by atoms with Crippen LogP contribution >= 0.6 is 23.2 Å². The van der Waals surface area contributed by atoms with E-state index in [1.165, 1.54) is 0 Å². The fraction of sp³-hybridized carbons (Fsp3) is 0.304. The van der Waals surface area contributed by atoms with Crippen LogP contribution in [0.2, 0.25) is 10.0 Å². The topological polar surface area (TPSA) is 88.2 Å². The van der Waals surface area contributed by atoms with Gasteiger partial charge in [-0.3, -0.25) is 9.78 Å². The van der Waals surface area contributed by atoms with Gasteiger partial charge in [-0.2, -0.15) is 0 Å². The molecule has 4 rings (SSSR count). The number of pyridine rings is 1. The summed E-state index contributed by atoms with van der Waals surface area (Å²) in [5.74, 6) is -0.179. The molecule has 0 atom stereocenters. The number of Topliss-reactive ketones (excluding diaryl/α,β-unsaturated/α-hetero) is 1. The monoisotopic (exact) mass is 443 g/mol. The third kappa shape index (κ3) is 4.10. The number of carbonyl (C=O) groups is 1. The van der Waals surface area contributed by atoms with Crippen molar-refractivity contribution in [2.24, 2.45) is 5.73 Å². The molecule has 1 aromatic heterocycles. The molecular weight excluding hydrogens is 421 g/mol. The highest BCUT2D eigenvalue weighted by Crippen LogP contribution is 2.38. The van der Waals surface area contributed by atoms with Gasteiger partial charge in [0.15, 0.2) is 11.5 Å². The van der Waals surface area contributed by atoms with E-state index in [2.05, 4.69) is 10.3 Å². The Kier molecular flexibility index (Phi) is 5.87. The molecule has 0 radical (unpaired) electrons. The number of nitrogens with zero attached hydrogens (tertiary/aromatic N) is 1. The summed E-state index contributed by atoms with van der Waals surface area (Å²) in [7, 11) is 0. The highest BCUT2D eigenvalue weighted by atomic mass is 35.5. The first-order chi connectivity index (χ1) is 14.3. The van der Waals surface area contributed by atoms with Gasteiger partial charge in [0, 0.05) is 23.7 Å². The summed E-state index contributed by atoms with van der Waals surface area (Å²) in [5, 5.41) is 14.7. The van der Waals surface area contributed by atoms with Crippen molar-refractivity contribution in [1.29, 1.82) is 0 Å². The average Bonchev–Trinajstić information content (AvgIpc) is 2.73. The molecule has 7 heteroatoms. The lowest BCUT2D eigenvalue weighted by molar-refractivity contribution is 0.101. The van der Waals surface area contributed by atoms with Crippen molar-refractivity contribution in [3.8, 4) is 16.9 Å². The molecule has 1 fully saturated rings. The van der Waals surface area contributed by atoms with Gasteiger partial charge in [-0.1, -0.05) is 29.3 Å². The standard InChI is InChI=1S/C23H23Cl2N3O2/c1-12(29)18-11-27-21-7-2-13(14-9-19(24)23(30)20(25)10-14)8-17(21)22(18)28-16-5-3-15(26)4-6-16/h2,7-11,15-16,30H,3-6,26H2,1H3,(H,27,28)/t15-,16-. The Morgan fingerprint density at radius 3 is 2.40 bits per heavy atom. The van der Waals surface area contributed by atoms with E-state index in [1.807, 2.05) is 18.2 Å². The molecule has 0 saturated heterocycles. The Balaban J connectivity index is 1.82. The van der Waals surface area contributed by atoms with Crippen molar-refractivity contribution < 1.29 is 9.90 Å². The highest BCUT2D eigenvalue weighted by Gasteiger charge is 2.22. The van der Waals surface area contributed by atoms with Crippen LogP contribution in [0.1, 0.15) is 43.0 Å². The predicted molar refractivity (Wildman–Crippen MR) is 123 cm³/mol. The zero-order valence-corrected chi connectivity index (χ0v) is 18.1. The van der Waals surface area contributed by atoms with E-state index in [0.29, 0.717) is 5.56 Å². The van der Waals surface area contributed by atoms with E-state index < -0.39 is 0 Å². The van der Waals surface area contributed by atoms with E-state index in [0.717, 1.165) is 53.4 Å². The molecule has 0 aliphatic heterocycles. The number of ketones is 1. The number of fused-ring (bicyclic) bond motifs is 1. The van der Waals surface area contributed by atoms with Crippen LogP contribution in [0.5, 0.6) is 5.75 Å². The quantitative estimate of drug-likeness (QED) is 0.443. The van der Waals surface area contributed by atoms with Crippen molar-refractivity contribution in [2.45, 2.75) is 44.7 Å². The number of carbonyl (C=O) groups excluding carboxylic acids is 1. The van der Waals surface area contributed by atoms with Crippen LogP contribution in [0.3, 0.4) is 0 Å². The first-order valence-electron chi connectivity index (χ1n) is 9.97. The highest BCUT2D eigenvalue weighted by molar-refractivity contribution is 6.37. The molecule has 1 heterocycles. The molecule has 5 nitrogen and oxygen atoms in total. The Morgan fingerprint density at radius 2 is 1.77 bits per heavy atom. The van der Waals surface area contributed by atoms with Gasteiger partial charge in [0.05, 0.1) is 26.8 Å². The van der Waals surface area contributed by atoms with Gasteiger partial charge in [0.25, 0.3) is 0 Å². The predicted octanol–water partition coefficient (Wildman–Crippen LogP) is 5.80. The fourth-order valence-corrected chi connectivity index (χ4v) is 4.48. The maximum Gasteiger partial charge on any atom is 0.163 e. The SMILES string of the molecule is CC(=O)c1cnc2ccc(-c3cc(Cl)c(O)c(Cl)c3)cc2c1N[C@H]1CC[C@H](N)CC1. The molecular formula is C23H23Cl2N3O2. The summed E-state index contributed by atoms with van der Waals surface area (Å²) in [6, 6.07) is 9.65. The lowest BCUT2D eigenvalue weighted by atomic mass is 9.91. The fourth-order valence-electron chi connectivity index (χ4n) is 3.99. The zero-order valence-electron chi connectivity index (χ0n) is 16.6. The number of nitrogens with one attached hydrogen (secondary N) is 1. The average molecular weight is 444 g/mol. The summed E-state index contributed by atoms with van der Waals surface area (Å²) in [6.07, 6.45) is 5.49. The first kappa shape index (κ1) is 20.9. The van der Waals surface area contributed by atoms with Crippen LogP contribution in [0.25, 0.3) is 22.0 Å². The minimum Gasteiger partial charge on any atom is -0.505 e. The Labute approximate surface area is 185 Å². The number of hydrogen-bond donors (Lipinski definition) is 3. The minimum absolute atomic E-state index is 0.0412. The smallest absolute Gasteiger partial charge is 0.163 e. The normalized spacial score (nSPS) is 19.1. The van der Waals surface area contributed by atoms with Gasteiger partial charge < -0.3 is 16.2 Å². The Bertz CT molecular complexity index is 1100. The number of halogens is 2. The second-order valence-corrected chi connectivity index (χ2v) is 8.69. The van der Waals surface area contributed by atoms with Crippen molar-refractivity contribution in [3.63, 3.8) is 0 Å². The van der Waals surface area contributed by atoms with Gasteiger partial charge in [-0.15, -0.1) is 0 Å². The van der Waals surface area contributed by atoms with Crippen LogP contribution in [-0.4, -0.2) is 28.0 Å². The van der Waals surface area contributed by atoms with E-state index in [4.69, 9.17) is 28.9 Å². The van der Waals surface area contributed by atoms with Gasteiger partial charge in [0.2, 0.25) is 0 Å². The number of hydrogen-bond acceptors (Lipinski definition) is 5. The molecule has 1 saturated carbocycles. The minimum atomic E-state index is -0.138. The van der Waals surface area contributed by atoms with E-state index in [-0.39, 0.29) is 33.7 Å². The van der Waals surface area contributed by atoms with Crippen LogP contribution in [0.4, 0.5) is 5.69 Å². The van der Waals surface area contributed by atoms with Crippen molar-refractivity contribution in [1.82, 2.24) is 4.98 Å². The number of phenols is 1. The molecule has 156 valence electrons. The lowest BCUT2D eigenvalue weighted by Crippen LogP contribution is -2.33. The number of nitrogens with two attached hydrogens (primary N) is 1. The summed E-state index contributed by atoms with van der Waals surface area (Å²) < 4.78 is 0. The molecule has 0 bridgehead atoms. The third-order valence-electron chi connectivity index (χ3n) is 5.72. The third-order valence-corrected chi connectivity index (χ3v) is 6.29. The van der Waals surface area contributed by atoms with Crippen molar-refractivity contribution >= 4 is 45.6 Å². The van der Waals surface area contributed by atoms with Gasteiger partial charge in [-0.05, 0) is 68.0 Å². The van der Waals surface area contributed by atoms with Gasteiger partial charge in [-0.25, -0.2) is 0 Å². The largest absolute Gasteiger partial charge is 0.505 e. The van der Waals surface area contributed by atoms with Crippen molar-refractivity contribution in [2.75, 3.05) is 5.32 Å². The second kappa shape index (κ2) is 8.42. The molecule has 0 unspecified atom stereocenters. The van der Waals surface area contributed by atoms with Crippen LogP contribution in [0, 0.1) is 0 Å². The van der Waals surface area contributed by atoms with Crippen LogP contribution in [0.15, 0.2) is 36.5 Å². The lowest BCUT2D eigenvalue weighted by Gasteiger charge is -2.28. The van der Waals surface area contributed by atoms with Crippen molar-refractivity contribution in [3.05, 3.63) is 52.1 Å². The summed E-state index contributed by atoms with van der Waals surface area (Å²) in [6.45, 7) is 1.55. The van der Waals surface area contributed by atoms with E-state index in [1.54, 1.807) is 25.3 Å². The zero-order chi connectivity index (χ0) is 21.4. The number of aromatic hydroxyl groups is 1. The molecule has 1 aliphatic carbocycles. The van der Waals surface area contributed by atoms with Crippen LogP contribution in [-0.2, 0) is 0 Å². The molecule has 3 aromatic rings. The van der Waals surface area contributed by atoms with E-state index >= 15 is 0 Å². The maximum absolute atomic E-state index is 12.3. The molecule has 0 amide bonds. The second-order valence-electron chi connectivity index (χ2n) is 7.88. The molecule has 2 aromatic carbocycles. The Morgan fingerprint density at radius 1 is 1.10 bits per heavy atom. The number of aromatic nitrogens is 1. The molecule has 1 aliphatic rings. The number of benzene rings is 2. The summed E-state index contributed by atoms with van der Waals surface area (Å²) >= 11 is 12.2. The maximum atomic E-state index is 12.3. The molecule has 0 spiro atoms. The van der Waals surface area contributed by atoms with Gasteiger partial charge in [0.1, 0.15) is 0 Å². The number of phenolic OH excluding ortho intramolecular Hbond substituents is 1.